The number of hydrogen-bond donors (Lipinski definition) is 4. The largest absolute Gasteiger partial charge is 0.355 e. The van der Waals surface area contributed by atoms with E-state index in [9.17, 15) is 4.79 Å². The summed E-state index contributed by atoms with van der Waals surface area (Å²) in [4.78, 5) is 21.1. The van der Waals surface area contributed by atoms with Crippen LogP contribution in [0.15, 0.2) is 42.6 Å². The summed E-state index contributed by atoms with van der Waals surface area (Å²) in [6.45, 7) is 0. The minimum atomic E-state index is -0.268. The highest BCUT2D eigenvalue weighted by Crippen LogP contribution is 2.37. The summed E-state index contributed by atoms with van der Waals surface area (Å²) in [5.74, 6) is 0.467. The van der Waals surface area contributed by atoms with E-state index in [1.54, 1.807) is 25.2 Å². The van der Waals surface area contributed by atoms with Crippen molar-refractivity contribution in [3.8, 4) is 0 Å². The van der Waals surface area contributed by atoms with Crippen LogP contribution in [-0.2, 0) is 6.42 Å². The maximum absolute atomic E-state index is 12.2. The zero-order valence-corrected chi connectivity index (χ0v) is 18.9. The predicted octanol–water partition coefficient (Wildman–Crippen LogP) is 4.98. The molecule has 1 fully saturated rings. The monoisotopic (exact) mass is 468 g/mol. The first-order valence-corrected chi connectivity index (χ1v) is 11.2. The number of halogens is 2. The Labute approximate surface area is 195 Å². The van der Waals surface area contributed by atoms with Gasteiger partial charge in [0.25, 0.3) is 5.91 Å². The number of hydrogen-bond acceptors (Lipinski definition) is 6. The van der Waals surface area contributed by atoms with Crippen LogP contribution >= 0.6 is 23.2 Å². The van der Waals surface area contributed by atoms with E-state index in [2.05, 4.69) is 43.4 Å². The molecule has 2 atom stereocenters. The van der Waals surface area contributed by atoms with Gasteiger partial charge >= 0.3 is 0 Å². The number of aromatic nitrogens is 2. The van der Waals surface area contributed by atoms with E-state index in [-0.39, 0.29) is 5.91 Å². The van der Waals surface area contributed by atoms with Crippen LogP contribution in [0.2, 0.25) is 10.0 Å². The molecule has 3 heterocycles. The lowest BCUT2D eigenvalue weighted by Gasteiger charge is -2.25. The van der Waals surface area contributed by atoms with Gasteiger partial charge < -0.3 is 21.3 Å². The Bertz CT molecular complexity index is 1200. The molecule has 4 N–H and O–H groups in total. The first-order chi connectivity index (χ1) is 15.5. The highest BCUT2D eigenvalue weighted by Gasteiger charge is 2.32. The molecule has 2 aliphatic heterocycles. The molecule has 0 aliphatic carbocycles. The Hall–Kier alpha value is -2.87. The van der Waals surface area contributed by atoms with Gasteiger partial charge in [-0.25, -0.2) is 4.98 Å². The smallest absolute Gasteiger partial charge is 0.253 e. The molecule has 2 aromatic carbocycles. The number of rotatable bonds is 5. The van der Waals surface area contributed by atoms with Crippen molar-refractivity contribution in [1.29, 1.82) is 0 Å². The Morgan fingerprint density at radius 1 is 1.12 bits per heavy atom. The number of nitrogens with zero attached hydrogens (tertiary/aromatic N) is 2. The summed E-state index contributed by atoms with van der Waals surface area (Å²) in [7, 11) is 1.56. The van der Waals surface area contributed by atoms with Crippen LogP contribution in [0.4, 0.5) is 23.1 Å². The average Bonchev–Trinajstić information content (AvgIpc) is 3.19. The highest BCUT2D eigenvalue weighted by molar-refractivity contribution is 6.35. The van der Waals surface area contributed by atoms with Crippen molar-refractivity contribution in [2.75, 3.05) is 17.7 Å². The predicted molar refractivity (Wildman–Crippen MR) is 127 cm³/mol. The number of fused-ring (bicyclic) bond motifs is 4. The first-order valence-electron chi connectivity index (χ1n) is 10.5. The number of benzene rings is 2. The summed E-state index contributed by atoms with van der Waals surface area (Å²) in [5.41, 5.74) is 4.47. The molecule has 7 nitrogen and oxygen atoms in total. The molecule has 1 saturated heterocycles. The third-order valence-corrected chi connectivity index (χ3v) is 6.55. The molecule has 0 spiro atoms. The number of para-hydroxylation sites is 1. The molecule has 3 aromatic rings. The average molecular weight is 469 g/mol. The molecule has 0 radical (unpaired) electrons. The quantitative estimate of drug-likeness (QED) is 0.422. The van der Waals surface area contributed by atoms with Gasteiger partial charge in [-0.3, -0.25) is 4.79 Å². The minimum absolute atomic E-state index is 0.268. The fourth-order valence-corrected chi connectivity index (χ4v) is 4.77. The molecule has 9 heteroatoms. The van der Waals surface area contributed by atoms with Crippen LogP contribution in [0.25, 0.3) is 0 Å². The van der Waals surface area contributed by atoms with Gasteiger partial charge in [-0.15, -0.1) is 0 Å². The van der Waals surface area contributed by atoms with Crippen molar-refractivity contribution >= 4 is 52.3 Å². The third-order valence-electron chi connectivity index (χ3n) is 5.96. The lowest BCUT2D eigenvalue weighted by Crippen LogP contribution is -2.31. The van der Waals surface area contributed by atoms with Crippen LogP contribution < -0.4 is 21.3 Å². The molecule has 32 heavy (non-hydrogen) atoms. The van der Waals surface area contributed by atoms with Gasteiger partial charge in [0.1, 0.15) is 5.02 Å². The van der Waals surface area contributed by atoms with E-state index in [0.717, 1.165) is 18.5 Å². The normalized spacial score (nSPS) is 18.7. The van der Waals surface area contributed by atoms with Gasteiger partial charge in [0.15, 0.2) is 5.82 Å². The summed E-state index contributed by atoms with van der Waals surface area (Å²) >= 11 is 12.7. The van der Waals surface area contributed by atoms with Gasteiger partial charge in [-0.05, 0) is 54.7 Å². The van der Waals surface area contributed by atoms with Crippen LogP contribution in [-0.4, -0.2) is 29.0 Å². The van der Waals surface area contributed by atoms with E-state index in [1.807, 2.05) is 6.07 Å². The van der Waals surface area contributed by atoms with Crippen molar-refractivity contribution in [2.24, 2.45) is 0 Å². The van der Waals surface area contributed by atoms with E-state index in [4.69, 9.17) is 23.2 Å². The second-order valence-electron chi connectivity index (χ2n) is 7.99. The van der Waals surface area contributed by atoms with Gasteiger partial charge in [0.2, 0.25) is 5.95 Å². The van der Waals surface area contributed by atoms with E-state index in [0.29, 0.717) is 45.1 Å². The van der Waals surface area contributed by atoms with Gasteiger partial charge in [-0.1, -0.05) is 35.3 Å². The van der Waals surface area contributed by atoms with Crippen molar-refractivity contribution < 1.29 is 4.79 Å². The molecule has 1 aromatic heterocycles. The van der Waals surface area contributed by atoms with E-state index >= 15 is 0 Å². The Morgan fingerprint density at radius 3 is 2.84 bits per heavy atom. The molecule has 164 valence electrons. The number of anilines is 4. The summed E-state index contributed by atoms with van der Waals surface area (Å²) < 4.78 is 0. The topological polar surface area (TPSA) is 91.0 Å². The summed E-state index contributed by atoms with van der Waals surface area (Å²) in [6.07, 6.45) is 4.97. The number of carbonyl (C=O) groups excluding carboxylic acids is 1. The van der Waals surface area contributed by atoms with Crippen molar-refractivity contribution in [2.45, 2.75) is 31.3 Å². The summed E-state index contributed by atoms with van der Waals surface area (Å²) in [5, 5.41) is 13.3. The first kappa shape index (κ1) is 21.0. The van der Waals surface area contributed by atoms with Gasteiger partial charge in [0.05, 0.1) is 22.5 Å². The third kappa shape index (κ3) is 3.99. The van der Waals surface area contributed by atoms with Crippen LogP contribution in [0.1, 0.15) is 40.4 Å². The minimum Gasteiger partial charge on any atom is -0.355 e. The van der Waals surface area contributed by atoms with Crippen molar-refractivity contribution in [3.63, 3.8) is 0 Å². The van der Waals surface area contributed by atoms with Crippen molar-refractivity contribution in [1.82, 2.24) is 20.6 Å². The standard InChI is InChI=1S/C23H22Cl2N6O/c1-26-22(32)15-3-2-4-17(24)20(15)30-21-18(25)11-27-23(31-21)29-14-6-5-12-9-13-7-8-19(28-13)16(12)10-14/h2-6,10-11,13,19,28H,7-9H2,1H3,(H,26,32)(H2,27,29,30,31). The second kappa shape index (κ2) is 8.58. The number of amides is 1. The second-order valence-corrected chi connectivity index (χ2v) is 8.81. The SMILES string of the molecule is CNC(=O)c1cccc(Cl)c1Nc1nc(Nc2ccc3c(c2)C2CCC(C3)N2)ncc1Cl. The Morgan fingerprint density at radius 2 is 2.00 bits per heavy atom. The number of carbonyl (C=O) groups is 1. The Balaban J connectivity index is 1.42. The molecular formula is C23H22Cl2N6O. The highest BCUT2D eigenvalue weighted by atomic mass is 35.5. The van der Waals surface area contributed by atoms with Gasteiger partial charge in [-0.2, -0.15) is 4.98 Å². The molecule has 2 unspecified atom stereocenters. The van der Waals surface area contributed by atoms with E-state index in [1.165, 1.54) is 23.7 Å². The van der Waals surface area contributed by atoms with Crippen molar-refractivity contribution in [3.05, 3.63) is 69.3 Å². The lowest BCUT2D eigenvalue weighted by atomic mass is 9.94. The molecule has 5 rings (SSSR count). The fraction of sp³-hybridized carbons (Fsp3) is 0.261. The molecule has 2 aliphatic rings. The molecule has 0 saturated carbocycles. The molecule has 1 amide bonds. The summed E-state index contributed by atoms with van der Waals surface area (Å²) in [6, 6.07) is 12.5. The number of nitrogens with one attached hydrogen (secondary N) is 4. The lowest BCUT2D eigenvalue weighted by molar-refractivity contribution is 0.0964. The van der Waals surface area contributed by atoms with Crippen LogP contribution in [0, 0.1) is 0 Å². The zero-order valence-electron chi connectivity index (χ0n) is 17.4. The maximum Gasteiger partial charge on any atom is 0.253 e. The van der Waals surface area contributed by atoms with Crippen LogP contribution in [0.3, 0.4) is 0 Å². The van der Waals surface area contributed by atoms with E-state index < -0.39 is 0 Å². The van der Waals surface area contributed by atoms with Crippen LogP contribution in [0.5, 0.6) is 0 Å². The maximum atomic E-state index is 12.2. The van der Waals surface area contributed by atoms with Gasteiger partial charge in [0, 0.05) is 24.8 Å². The zero-order chi connectivity index (χ0) is 22.2. The fourth-order valence-electron chi connectivity index (χ4n) is 4.41. The molecule has 2 bridgehead atoms. The Kier molecular flexibility index (Phi) is 5.63. The molecular weight excluding hydrogens is 447 g/mol.